The highest BCUT2D eigenvalue weighted by Gasteiger charge is 2.39. The first kappa shape index (κ1) is 26.6. The fourth-order valence-electron chi connectivity index (χ4n) is 4.23. The normalized spacial score (nSPS) is 16.5. The second kappa shape index (κ2) is 9.95. The van der Waals surface area contributed by atoms with Gasteiger partial charge in [-0.1, -0.05) is 11.6 Å². The molecular formula is C26H29ClFNO6. The van der Waals surface area contributed by atoms with Crippen molar-refractivity contribution in [3.63, 3.8) is 0 Å². The minimum Gasteiger partial charge on any atom is -0.478 e. The van der Waals surface area contributed by atoms with Crippen molar-refractivity contribution in [1.29, 1.82) is 0 Å². The Kier molecular flexibility index (Phi) is 7.57. The average molecular weight is 506 g/mol. The molecule has 0 unspecified atom stereocenters. The van der Waals surface area contributed by atoms with Gasteiger partial charge in [-0.3, -0.25) is 4.79 Å². The minimum atomic E-state index is -1.59. The Morgan fingerprint density at radius 2 is 1.63 bits per heavy atom. The minimum absolute atomic E-state index is 0.0516. The summed E-state index contributed by atoms with van der Waals surface area (Å²) < 4.78 is 20.6. The van der Waals surface area contributed by atoms with E-state index in [1.807, 2.05) is 0 Å². The number of likely N-dealkylation sites (tertiary alicyclic amines) is 1. The van der Waals surface area contributed by atoms with Crippen LogP contribution < -0.4 is 0 Å². The Hall–Kier alpha value is -2.97. The molecule has 2 aromatic rings. The number of benzene rings is 2. The van der Waals surface area contributed by atoms with Crippen LogP contribution in [0.3, 0.4) is 0 Å². The number of aromatic carboxylic acids is 1. The van der Waals surface area contributed by atoms with Crippen molar-refractivity contribution in [2.45, 2.75) is 51.7 Å². The van der Waals surface area contributed by atoms with Gasteiger partial charge in [0.1, 0.15) is 11.4 Å². The summed E-state index contributed by atoms with van der Waals surface area (Å²) in [5, 5.41) is 21.5. The number of nitrogens with zero attached hydrogens (tertiary/aromatic N) is 1. The number of carbonyl (C=O) groups excluding carboxylic acids is 2. The Balaban J connectivity index is 1.87. The summed E-state index contributed by atoms with van der Waals surface area (Å²) in [6.45, 7) is 7.48. The van der Waals surface area contributed by atoms with Crippen molar-refractivity contribution in [2.75, 3.05) is 13.1 Å². The number of carboxylic acid groups (broad SMARTS) is 1. The number of halogens is 2. The summed E-state index contributed by atoms with van der Waals surface area (Å²) in [5.74, 6) is -3.70. The summed E-state index contributed by atoms with van der Waals surface area (Å²) >= 11 is 5.84. The maximum absolute atomic E-state index is 15.2. The number of rotatable bonds is 5. The maximum atomic E-state index is 15.2. The fraction of sp³-hybridized carbons (Fsp3) is 0.423. The molecule has 188 valence electrons. The topological polar surface area (TPSA) is 104 Å². The number of amides is 1. The van der Waals surface area contributed by atoms with Crippen LogP contribution in [0, 0.1) is 11.7 Å². The molecule has 1 fully saturated rings. The number of carbonyl (C=O) groups is 3. The van der Waals surface area contributed by atoms with E-state index in [-0.39, 0.29) is 17.0 Å². The second-order valence-electron chi connectivity index (χ2n) is 9.91. The molecule has 0 aromatic heterocycles. The van der Waals surface area contributed by atoms with Crippen LogP contribution in [-0.4, -0.2) is 51.6 Å². The van der Waals surface area contributed by atoms with Gasteiger partial charge in [-0.2, -0.15) is 0 Å². The molecule has 1 atom stereocenters. The lowest BCUT2D eigenvalue weighted by molar-refractivity contribution is -0.0386. The molecule has 1 heterocycles. The predicted octanol–water partition coefficient (Wildman–Crippen LogP) is 5.26. The standard InChI is InChI=1S/C26H29ClFNO6/c1-25(2,3)35-24(33)29-11-9-16(10-12-29)26(4,34)17-13-19(23(31)32)21(20(28)14-17)22(30)15-5-7-18(27)8-6-15/h5-8,13-14,16,34H,9-12H2,1-4H3,(H,31,32)/t26-/m0/s1. The lowest BCUT2D eigenvalue weighted by atomic mass is 9.76. The number of carboxylic acids is 1. The first-order chi connectivity index (χ1) is 16.2. The number of aliphatic hydroxyl groups is 1. The summed E-state index contributed by atoms with van der Waals surface area (Å²) in [6, 6.07) is 7.84. The molecule has 0 radical (unpaired) electrons. The third-order valence-electron chi connectivity index (χ3n) is 6.18. The van der Waals surface area contributed by atoms with Crippen molar-refractivity contribution < 1.29 is 33.7 Å². The van der Waals surface area contributed by atoms with Gasteiger partial charge in [-0.05, 0) is 88.4 Å². The van der Waals surface area contributed by atoms with E-state index in [0.29, 0.717) is 31.0 Å². The van der Waals surface area contributed by atoms with E-state index in [9.17, 15) is 24.6 Å². The van der Waals surface area contributed by atoms with E-state index in [0.717, 1.165) is 12.1 Å². The van der Waals surface area contributed by atoms with E-state index in [4.69, 9.17) is 16.3 Å². The third kappa shape index (κ3) is 6.00. The molecule has 35 heavy (non-hydrogen) atoms. The Bertz CT molecular complexity index is 1130. The van der Waals surface area contributed by atoms with E-state index in [1.165, 1.54) is 31.2 Å². The molecule has 0 spiro atoms. The van der Waals surface area contributed by atoms with Crippen LogP contribution in [0.2, 0.25) is 5.02 Å². The molecule has 2 N–H and O–H groups in total. The van der Waals surface area contributed by atoms with Crippen LogP contribution in [0.5, 0.6) is 0 Å². The first-order valence-corrected chi connectivity index (χ1v) is 11.7. The van der Waals surface area contributed by atoms with Gasteiger partial charge in [-0.15, -0.1) is 0 Å². The molecule has 3 rings (SSSR count). The highest BCUT2D eigenvalue weighted by atomic mass is 35.5. The zero-order valence-corrected chi connectivity index (χ0v) is 20.9. The van der Waals surface area contributed by atoms with Gasteiger partial charge in [0.2, 0.25) is 0 Å². The Labute approximate surface area is 208 Å². The number of hydrogen-bond acceptors (Lipinski definition) is 5. The molecule has 2 aromatic carbocycles. The molecule has 0 saturated carbocycles. The first-order valence-electron chi connectivity index (χ1n) is 11.3. The second-order valence-corrected chi connectivity index (χ2v) is 10.3. The van der Waals surface area contributed by atoms with Crippen molar-refractivity contribution in [1.82, 2.24) is 4.90 Å². The van der Waals surface area contributed by atoms with E-state index in [1.54, 1.807) is 25.7 Å². The van der Waals surface area contributed by atoms with Gasteiger partial charge in [0.15, 0.2) is 5.78 Å². The van der Waals surface area contributed by atoms with Gasteiger partial charge in [0.05, 0.1) is 16.7 Å². The zero-order chi connectivity index (χ0) is 26.1. The summed E-state index contributed by atoms with van der Waals surface area (Å²) in [6.07, 6.45) is 0.364. The molecule has 0 bridgehead atoms. The molecule has 7 nitrogen and oxygen atoms in total. The number of piperidine rings is 1. The average Bonchev–Trinajstić information content (AvgIpc) is 2.77. The van der Waals surface area contributed by atoms with Crippen LogP contribution in [0.1, 0.15) is 72.4 Å². The van der Waals surface area contributed by atoms with E-state index >= 15 is 4.39 Å². The largest absolute Gasteiger partial charge is 0.478 e. The number of ether oxygens (including phenoxy) is 1. The molecule has 1 saturated heterocycles. The summed E-state index contributed by atoms with van der Waals surface area (Å²) in [4.78, 5) is 38.8. The van der Waals surface area contributed by atoms with Crippen LogP contribution >= 0.6 is 11.6 Å². The monoisotopic (exact) mass is 505 g/mol. The number of hydrogen-bond donors (Lipinski definition) is 2. The van der Waals surface area contributed by atoms with Gasteiger partial charge in [-0.25, -0.2) is 14.0 Å². The zero-order valence-electron chi connectivity index (χ0n) is 20.1. The lowest BCUT2D eigenvalue weighted by Gasteiger charge is -2.40. The van der Waals surface area contributed by atoms with E-state index in [2.05, 4.69) is 0 Å². The summed E-state index contributed by atoms with van der Waals surface area (Å²) in [5.41, 5.74) is -3.20. The van der Waals surface area contributed by atoms with E-state index < -0.39 is 46.0 Å². The van der Waals surface area contributed by atoms with Crippen molar-refractivity contribution in [3.8, 4) is 0 Å². The number of ketones is 1. The van der Waals surface area contributed by atoms with Gasteiger partial charge in [0.25, 0.3) is 0 Å². The van der Waals surface area contributed by atoms with Crippen LogP contribution in [0.25, 0.3) is 0 Å². The highest BCUT2D eigenvalue weighted by molar-refractivity contribution is 6.30. The van der Waals surface area contributed by atoms with Gasteiger partial charge >= 0.3 is 12.1 Å². The lowest BCUT2D eigenvalue weighted by Crippen LogP contribution is -2.46. The van der Waals surface area contributed by atoms with Crippen molar-refractivity contribution in [2.24, 2.45) is 5.92 Å². The third-order valence-corrected chi connectivity index (χ3v) is 6.43. The van der Waals surface area contributed by atoms with Gasteiger partial charge in [0, 0.05) is 23.7 Å². The fourth-order valence-corrected chi connectivity index (χ4v) is 4.36. The SMILES string of the molecule is CC(C)(C)OC(=O)N1CCC([C@](C)(O)c2cc(F)c(C(=O)c3ccc(Cl)cc3)c(C(=O)O)c2)CC1. The molecule has 0 aliphatic carbocycles. The Morgan fingerprint density at radius 1 is 1.06 bits per heavy atom. The van der Waals surface area contributed by atoms with Crippen LogP contribution in [0.15, 0.2) is 36.4 Å². The molecule has 9 heteroatoms. The van der Waals surface area contributed by atoms with Crippen molar-refractivity contribution in [3.05, 3.63) is 69.5 Å². The van der Waals surface area contributed by atoms with Crippen molar-refractivity contribution >= 4 is 29.4 Å². The Morgan fingerprint density at radius 3 is 2.14 bits per heavy atom. The predicted molar refractivity (Wildman–Crippen MR) is 128 cm³/mol. The van der Waals surface area contributed by atoms with Gasteiger partial charge < -0.3 is 19.8 Å². The van der Waals surface area contributed by atoms with Crippen LogP contribution in [-0.2, 0) is 10.3 Å². The molecular weight excluding hydrogens is 477 g/mol. The molecule has 1 aliphatic rings. The van der Waals surface area contributed by atoms with Crippen LogP contribution in [0.4, 0.5) is 9.18 Å². The quantitative estimate of drug-likeness (QED) is 0.537. The molecule has 1 aliphatic heterocycles. The summed E-state index contributed by atoms with van der Waals surface area (Å²) in [7, 11) is 0. The molecule has 1 amide bonds. The highest BCUT2D eigenvalue weighted by Crippen LogP contribution is 2.38. The smallest absolute Gasteiger partial charge is 0.410 e. The maximum Gasteiger partial charge on any atom is 0.410 e.